The SMILES string of the molecule is CN1C(C)(C)CC(OCCCCCCCO)CC1(C)C. The molecule has 3 heteroatoms. The topological polar surface area (TPSA) is 32.7 Å². The summed E-state index contributed by atoms with van der Waals surface area (Å²) in [4.78, 5) is 2.49. The molecule has 0 atom stereocenters. The number of aliphatic hydroxyl groups excluding tert-OH is 1. The van der Waals surface area contributed by atoms with E-state index in [2.05, 4.69) is 39.6 Å². The zero-order valence-electron chi connectivity index (χ0n) is 14.2. The normalized spacial score (nSPS) is 23.1. The van der Waals surface area contributed by atoms with Crippen molar-refractivity contribution < 1.29 is 9.84 Å². The molecule has 0 amide bonds. The second-order valence-corrected chi connectivity index (χ2v) is 7.58. The number of hydrogen-bond donors (Lipinski definition) is 1. The molecule has 0 unspecified atom stereocenters. The molecule has 1 fully saturated rings. The number of piperidine rings is 1. The summed E-state index contributed by atoms with van der Waals surface area (Å²) >= 11 is 0. The lowest BCUT2D eigenvalue weighted by Gasteiger charge is -2.53. The fourth-order valence-corrected chi connectivity index (χ4v) is 3.39. The average molecular weight is 285 g/mol. The lowest BCUT2D eigenvalue weighted by Crippen LogP contribution is -2.60. The Kier molecular flexibility index (Phi) is 6.96. The predicted molar refractivity (Wildman–Crippen MR) is 85.1 cm³/mol. The van der Waals surface area contributed by atoms with Crippen LogP contribution in [0.25, 0.3) is 0 Å². The van der Waals surface area contributed by atoms with Crippen molar-refractivity contribution in [1.82, 2.24) is 4.90 Å². The molecule has 1 rings (SSSR count). The van der Waals surface area contributed by atoms with Crippen molar-refractivity contribution in [3.63, 3.8) is 0 Å². The van der Waals surface area contributed by atoms with Gasteiger partial charge in [-0.25, -0.2) is 0 Å². The van der Waals surface area contributed by atoms with Crippen LogP contribution in [0.15, 0.2) is 0 Å². The van der Waals surface area contributed by atoms with Crippen LogP contribution < -0.4 is 0 Å². The summed E-state index contributed by atoms with van der Waals surface area (Å²) in [7, 11) is 2.23. The Morgan fingerprint density at radius 3 is 2.00 bits per heavy atom. The molecule has 0 aromatic rings. The fourth-order valence-electron chi connectivity index (χ4n) is 3.39. The Morgan fingerprint density at radius 2 is 1.45 bits per heavy atom. The standard InChI is InChI=1S/C17H35NO2/c1-16(2)13-15(14-17(3,4)18(16)5)20-12-10-8-6-7-9-11-19/h15,19H,6-14H2,1-5H3. The zero-order chi connectivity index (χ0) is 15.2. The van der Waals surface area contributed by atoms with E-state index in [0.717, 1.165) is 38.7 Å². The molecule has 1 saturated heterocycles. The number of unbranched alkanes of at least 4 members (excludes halogenated alkanes) is 4. The molecule has 0 spiro atoms. The van der Waals surface area contributed by atoms with Crippen molar-refractivity contribution in [3.05, 3.63) is 0 Å². The van der Waals surface area contributed by atoms with Gasteiger partial charge in [0.15, 0.2) is 0 Å². The van der Waals surface area contributed by atoms with E-state index in [-0.39, 0.29) is 11.1 Å². The Labute approximate surface area is 125 Å². The first-order valence-corrected chi connectivity index (χ1v) is 8.26. The third-order valence-corrected chi connectivity index (χ3v) is 4.93. The van der Waals surface area contributed by atoms with Crippen LogP contribution in [0.5, 0.6) is 0 Å². The van der Waals surface area contributed by atoms with E-state index in [1.807, 2.05) is 0 Å². The molecule has 1 N–H and O–H groups in total. The van der Waals surface area contributed by atoms with Crippen LogP contribution in [0, 0.1) is 0 Å². The second-order valence-electron chi connectivity index (χ2n) is 7.58. The Hall–Kier alpha value is -0.120. The van der Waals surface area contributed by atoms with E-state index in [1.54, 1.807) is 0 Å². The summed E-state index contributed by atoms with van der Waals surface area (Å²) in [6.45, 7) is 10.5. The molecule has 20 heavy (non-hydrogen) atoms. The van der Waals surface area contributed by atoms with Crippen LogP contribution in [0.4, 0.5) is 0 Å². The third-order valence-electron chi connectivity index (χ3n) is 4.93. The summed E-state index contributed by atoms with van der Waals surface area (Å²) in [5.74, 6) is 0. The molecule has 1 aliphatic rings. The molecule has 1 heterocycles. The Bertz CT molecular complexity index is 258. The fraction of sp³-hybridized carbons (Fsp3) is 1.00. The van der Waals surface area contributed by atoms with Crippen molar-refractivity contribution >= 4 is 0 Å². The monoisotopic (exact) mass is 285 g/mol. The summed E-state index contributed by atoms with van der Waals surface area (Å²) in [6, 6.07) is 0. The highest BCUT2D eigenvalue weighted by Gasteiger charge is 2.43. The lowest BCUT2D eigenvalue weighted by molar-refractivity contribution is -0.0918. The van der Waals surface area contributed by atoms with Crippen molar-refractivity contribution in [3.8, 4) is 0 Å². The second kappa shape index (κ2) is 7.77. The van der Waals surface area contributed by atoms with Gasteiger partial charge in [0.05, 0.1) is 6.10 Å². The maximum Gasteiger partial charge on any atom is 0.0610 e. The molecule has 0 aromatic heterocycles. The van der Waals surface area contributed by atoms with Crippen LogP contribution in [0.2, 0.25) is 0 Å². The summed E-state index contributed by atoms with van der Waals surface area (Å²) in [6.07, 6.45) is 8.32. The predicted octanol–water partition coefficient (Wildman–Crippen LogP) is 3.60. The molecule has 3 nitrogen and oxygen atoms in total. The molecule has 0 saturated carbocycles. The summed E-state index contributed by atoms with van der Waals surface area (Å²) in [5.41, 5.74) is 0.432. The molecule has 120 valence electrons. The smallest absolute Gasteiger partial charge is 0.0610 e. The number of likely N-dealkylation sites (tertiary alicyclic amines) is 1. The number of ether oxygens (including phenoxy) is 1. The largest absolute Gasteiger partial charge is 0.396 e. The van der Waals surface area contributed by atoms with E-state index >= 15 is 0 Å². The first-order valence-electron chi connectivity index (χ1n) is 8.26. The van der Waals surface area contributed by atoms with Gasteiger partial charge in [0.2, 0.25) is 0 Å². The van der Waals surface area contributed by atoms with Gasteiger partial charge in [-0.15, -0.1) is 0 Å². The van der Waals surface area contributed by atoms with Gasteiger partial charge in [-0.05, 0) is 60.4 Å². The highest BCUT2D eigenvalue weighted by Crippen LogP contribution is 2.38. The molecule has 0 bridgehead atoms. The van der Waals surface area contributed by atoms with Crippen LogP contribution in [0.3, 0.4) is 0 Å². The van der Waals surface area contributed by atoms with Gasteiger partial charge < -0.3 is 9.84 Å². The number of rotatable bonds is 8. The Balaban J connectivity index is 2.24. The van der Waals surface area contributed by atoms with E-state index in [9.17, 15) is 0 Å². The van der Waals surface area contributed by atoms with E-state index in [1.165, 1.54) is 12.8 Å². The van der Waals surface area contributed by atoms with Crippen LogP contribution in [-0.2, 0) is 4.74 Å². The molecule has 0 radical (unpaired) electrons. The average Bonchev–Trinajstić information content (AvgIpc) is 2.34. The molecule has 1 aliphatic heterocycles. The molecule has 0 aromatic carbocycles. The van der Waals surface area contributed by atoms with Gasteiger partial charge in [-0.3, -0.25) is 4.90 Å². The van der Waals surface area contributed by atoms with Crippen molar-refractivity contribution in [1.29, 1.82) is 0 Å². The summed E-state index contributed by atoms with van der Waals surface area (Å²) in [5, 5.41) is 8.73. The highest BCUT2D eigenvalue weighted by atomic mass is 16.5. The van der Waals surface area contributed by atoms with E-state index in [0.29, 0.717) is 12.7 Å². The molecular formula is C17H35NO2. The quantitative estimate of drug-likeness (QED) is 0.692. The van der Waals surface area contributed by atoms with Gasteiger partial charge in [-0.2, -0.15) is 0 Å². The van der Waals surface area contributed by atoms with E-state index < -0.39 is 0 Å². The minimum Gasteiger partial charge on any atom is -0.396 e. The minimum atomic E-state index is 0.216. The number of hydrogen-bond acceptors (Lipinski definition) is 3. The van der Waals surface area contributed by atoms with Crippen LogP contribution >= 0.6 is 0 Å². The van der Waals surface area contributed by atoms with Gasteiger partial charge in [-0.1, -0.05) is 19.3 Å². The minimum absolute atomic E-state index is 0.216. The first kappa shape index (κ1) is 17.9. The number of nitrogens with zero attached hydrogens (tertiary/aromatic N) is 1. The highest BCUT2D eigenvalue weighted by molar-refractivity contribution is 4.98. The molecular weight excluding hydrogens is 250 g/mol. The molecule has 0 aliphatic carbocycles. The Morgan fingerprint density at radius 1 is 0.950 bits per heavy atom. The van der Waals surface area contributed by atoms with Crippen molar-refractivity contribution in [2.75, 3.05) is 20.3 Å². The summed E-state index contributed by atoms with van der Waals surface area (Å²) < 4.78 is 6.13. The van der Waals surface area contributed by atoms with Crippen molar-refractivity contribution in [2.45, 2.75) is 89.8 Å². The third kappa shape index (κ3) is 5.34. The zero-order valence-corrected chi connectivity index (χ0v) is 14.2. The van der Waals surface area contributed by atoms with Gasteiger partial charge in [0, 0.05) is 24.3 Å². The van der Waals surface area contributed by atoms with Crippen LogP contribution in [0.1, 0.15) is 72.6 Å². The maximum absolute atomic E-state index is 8.73. The van der Waals surface area contributed by atoms with E-state index in [4.69, 9.17) is 9.84 Å². The maximum atomic E-state index is 8.73. The lowest BCUT2D eigenvalue weighted by atomic mass is 9.79. The van der Waals surface area contributed by atoms with Gasteiger partial charge in [0.25, 0.3) is 0 Å². The van der Waals surface area contributed by atoms with Gasteiger partial charge >= 0.3 is 0 Å². The van der Waals surface area contributed by atoms with Gasteiger partial charge in [0.1, 0.15) is 0 Å². The number of aliphatic hydroxyl groups is 1. The van der Waals surface area contributed by atoms with Crippen molar-refractivity contribution in [2.24, 2.45) is 0 Å². The first-order chi connectivity index (χ1) is 9.29. The van der Waals surface area contributed by atoms with Crippen LogP contribution in [-0.4, -0.2) is 47.4 Å².